The van der Waals surface area contributed by atoms with Crippen LogP contribution in [0.1, 0.15) is 44.1 Å². The third-order valence-corrected chi connectivity index (χ3v) is 5.05. The molecule has 1 fully saturated rings. The molecule has 2 heterocycles. The number of hydrogen-bond donors (Lipinski definition) is 2. The van der Waals surface area contributed by atoms with Crippen LogP contribution < -0.4 is 10.7 Å². The standard InChI is InChI=1S/C20H28N4O2/c25-19(10-8-17-9-11-20(26)23-22-17)21-18-7-4-13-24(15-18)14-12-16-5-2-1-3-6-16/h1-3,5-6,18H,4,7-15H2,(H,21,25)(H,23,26). The molecule has 6 heteroatoms. The summed E-state index contributed by atoms with van der Waals surface area (Å²) in [4.78, 5) is 25.8. The summed E-state index contributed by atoms with van der Waals surface area (Å²) in [6, 6.07) is 10.8. The number of likely N-dealkylation sites (tertiary alicyclic amines) is 1. The van der Waals surface area contributed by atoms with E-state index in [9.17, 15) is 9.59 Å². The van der Waals surface area contributed by atoms with Crippen LogP contribution in [0.3, 0.4) is 0 Å². The van der Waals surface area contributed by atoms with E-state index in [0.717, 1.165) is 44.6 Å². The molecule has 26 heavy (non-hydrogen) atoms. The number of carbonyl (C=O) groups excluding carboxylic acids is 2. The summed E-state index contributed by atoms with van der Waals surface area (Å²) < 4.78 is 0. The molecular weight excluding hydrogens is 328 g/mol. The fraction of sp³-hybridized carbons (Fsp3) is 0.550. The van der Waals surface area contributed by atoms with Crippen LogP contribution in [0.15, 0.2) is 35.4 Å². The first-order chi connectivity index (χ1) is 12.7. The van der Waals surface area contributed by atoms with Gasteiger partial charge in [0.15, 0.2) is 0 Å². The smallest absolute Gasteiger partial charge is 0.240 e. The summed E-state index contributed by atoms with van der Waals surface area (Å²) in [5.74, 6) is 0.0375. The Labute approximate surface area is 155 Å². The summed E-state index contributed by atoms with van der Waals surface area (Å²) in [7, 11) is 0. The maximum atomic E-state index is 12.2. The minimum absolute atomic E-state index is 0.0454. The molecule has 0 radical (unpaired) electrons. The largest absolute Gasteiger partial charge is 0.352 e. The number of amides is 2. The molecule has 140 valence electrons. The molecule has 3 rings (SSSR count). The Hall–Kier alpha value is -2.21. The lowest BCUT2D eigenvalue weighted by atomic mass is 10.0. The van der Waals surface area contributed by atoms with Crippen LogP contribution in [-0.2, 0) is 16.0 Å². The van der Waals surface area contributed by atoms with Gasteiger partial charge in [0.1, 0.15) is 0 Å². The molecule has 1 aromatic rings. The van der Waals surface area contributed by atoms with Gasteiger partial charge in [-0.05, 0) is 44.2 Å². The highest BCUT2D eigenvalue weighted by Crippen LogP contribution is 2.12. The summed E-state index contributed by atoms with van der Waals surface area (Å²) in [6.45, 7) is 3.07. The highest BCUT2D eigenvalue weighted by atomic mass is 16.2. The van der Waals surface area contributed by atoms with Crippen molar-refractivity contribution in [2.24, 2.45) is 5.10 Å². The fourth-order valence-electron chi connectivity index (χ4n) is 3.56. The number of carbonyl (C=O) groups is 2. The lowest BCUT2D eigenvalue weighted by Crippen LogP contribution is -2.48. The molecule has 0 aliphatic carbocycles. The zero-order valence-corrected chi connectivity index (χ0v) is 15.2. The SMILES string of the molecule is O=C1CCC(CCC(=O)NC2CCCN(CCc3ccccc3)C2)=NN1. The van der Waals surface area contributed by atoms with Gasteiger partial charge in [-0.2, -0.15) is 5.10 Å². The maximum absolute atomic E-state index is 12.2. The third kappa shape index (κ3) is 5.95. The Balaban J connectivity index is 1.37. The Bertz CT molecular complexity index is 644. The molecule has 0 bridgehead atoms. The summed E-state index contributed by atoms with van der Waals surface area (Å²) in [5, 5.41) is 7.20. The maximum Gasteiger partial charge on any atom is 0.240 e. The van der Waals surface area contributed by atoms with Gasteiger partial charge in [-0.3, -0.25) is 9.59 Å². The second kappa shape index (κ2) is 9.48. The molecule has 6 nitrogen and oxygen atoms in total. The van der Waals surface area contributed by atoms with Crippen molar-refractivity contribution in [1.82, 2.24) is 15.6 Å². The molecule has 2 aliphatic rings. The predicted molar refractivity (Wildman–Crippen MR) is 102 cm³/mol. The lowest BCUT2D eigenvalue weighted by molar-refractivity contribution is -0.122. The van der Waals surface area contributed by atoms with E-state index in [4.69, 9.17) is 0 Å². The van der Waals surface area contributed by atoms with Gasteiger partial charge in [0, 0.05) is 37.7 Å². The minimum atomic E-state index is -0.0454. The van der Waals surface area contributed by atoms with Gasteiger partial charge in [-0.25, -0.2) is 5.43 Å². The van der Waals surface area contributed by atoms with E-state index in [1.54, 1.807) is 0 Å². The van der Waals surface area contributed by atoms with E-state index in [1.165, 1.54) is 5.56 Å². The molecule has 2 aliphatic heterocycles. The molecule has 0 aromatic heterocycles. The van der Waals surface area contributed by atoms with Gasteiger partial charge in [0.25, 0.3) is 0 Å². The number of hydrazone groups is 1. The van der Waals surface area contributed by atoms with E-state index in [-0.39, 0.29) is 17.9 Å². The predicted octanol–water partition coefficient (Wildman–Crippen LogP) is 1.86. The van der Waals surface area contributed by atoms with E-state index in [1.807, 2.05) is 6.07 Å². The summed E-state index contributed by atoms with van der Waals surface area (Å²) in [5.41, 5.74) is 4.75. The average Bonchev–Trinajstić information content (AvgIpc) is 2.67. The molecule has 1 aromatic carbocycles. The van der Waals surface area contributed by atoms with E-state index < -0.39 is 0 Å². The van der Waals surface area contributed by atoms with Crippen LogP contribution in [0.25, 0.3) is 0 Å². The molecule has 1 atom stereocenters. The van der Waals surface area contributed by atoms with Crippen molar-refractivity contribution in [2.75, 3.05) is 19.6 Å². The van der Waals surface area contributed by atoms with Crippen LogP contribution >= 0.6 is 0 Å². The number of nitrogens with zero attached hydrogens (tertiary/aromatic N) is 2. The zero-order valence-electron chi connectivity index (χ0n) is 15.2. The van der Waals surface area contributed by atoms with Crippen LogP contribution in [-0.4, -0.2) is 48.1 Å². The number of rotatable bonds is 7. The zero-order chi connectivity index (χ0) is 18.2. The van der Waals surface area contributed by atoms with Crippen molar-refractivity contribution >= 4 is 17.5 Å². The number of piperidine rings is 1. The first-order valence-electron chi connectivity index (χ1n) is 9.59. The number of benzene rings is 1. The van der Waals surface area contributed by atoms with Gasteiger partial charge >= 0.3 is 0 Å². The quantitative estimate of drug-likeness (QED) is 0.783. The monoisotopic (exact) mass is 356 g/mol. The Morgan fingerprint density at radius 2 is 2.08 bits per heavy atom. The topological polar surface area (TPSA) is 73.8 Å². The molecular formula is C20H28N4O2. The molecule has 0 saturated carbocycles. The summed E-state index contributed by atoms with van der Waals surface area (Å²) >= 11 is 0. The van der Waals surface area contributed by atoms with Crippen molar-refractivity contribution in [3.63, 3.8) is 0 Å². The summed E-state index contributed by atoms with van der Waals surface area (Å²) in [6.07, 6.45) is 5.41. The van der Waals surface area contributed by atoms with Crippen molar-refractivity contribution in [3.8, 4) is 0 Å². The van der Waals surface area contributed by atoms with E-state index in [2.05, 4.69) is 45.0 Å². The highest BCUT2D eigenvalue weighted by Gasteiger charge is 2.21. The number of nitrogens with one attached hydrogen (secondary N) is 2. The lowest BCUT2D eigenvalue weighted by Gasteiger charge is -2.33. The fourth-order valence-corrected chi connectivity index (χ4v) is 3.56. The molecule has 2 amide bonds. The first-order valence-corrected chi connectivity index (χ1v) is 9.59. The average molecular weight is 356 g/mol. The van der Waals surface area contributed by atoms with Crippen LogP contribution in [0.2, 0.25) is 0 Å². The highest BCUT2D eigenvalue weighted by molar-refractivity contribution is 5.94. The molecule has 2 N–H and O–H groups in total. The Morgan fingerprint density at radius 3 is 2.85 bits per heavy atom. The van der Waals surface area contributed by atoms with Gasteiger partial charge in [0.05, 0.1) is 0 Å². The number of hydrogen-bond acceptors (Lipinski definition) is 4. The Kier molecular flexibility index (Phi) is 6.77. The Morgan fingerprint density at radius 1 is 1.23 bits per heavy atom. The van der Waals surface area contributed by atoms with Gasteiger partial charge in [-0.15, -0.1) is 0 Å². The van der Waals surface area contributed by atoms with Crippen molar-refractivity contribution in [1.29, 1.82) is 0 Å². The van der Waals surface area contributed by atoms with Gasteiger partial charge < -0.3 is 10.2 Å². The van der Waals surface area contributed by atoms with Crippen molar-refractivity contribution < 1.29 is 9.59 Å². The molecule has 1 saturated heterocycles. The normalized spacial score (nSPS) is 21.0. The van der Waals surface area contributed by atoms with Crippen molar-refractivity contribution in [2.45, 2.75) is 51.0 Å². The van der Waals surface area contributed by atoms with E-state index >= 15 is 0 Å². The van der Waals surface area contributed by atoms with Gasteiger partial charge in [0.2, 0.25) is 11.8 Å². The van der Waals surface area contributed by atoms with Gasteiger partial charge in [-0.1, -0.05) is 30.3 Å². The second-order valence-corrected chi connectivity index (χ2v) is 7.16. The van der Waals surface area contributed by atoms with Crippen molar-refractivity contribution in [3.05, 3.63) is 35.9 Å². The minimum Gasteiger partial charge on any atom is -0.352 e. The van der Waals surface area contributed by atoms with Crippen LogP contribution in [0, 0.1) is 0 Å². The third-order valence-electron chi connectivity index (χ3n) is 5.05. The second-order valence-electron chi connectivity index (χ2n) is 7.16. The first kappa shape index (κ1) is 18.6. The molecule has 0 spiro atoms. The van der Waals surface area contributed by atoms with E-state index in [0.29, 0.717) is 25.7 Å². The van der Waals surface area contributed by atoms with Crippen LogP contribution in [0.4, 0.5) is 0 Å². The van der Waals surface area contributed by atoms with Crippen LogP contribution in [0.5, 0.6) is 0 Å². The molecule has 1 unspecified atom stereocenters.